The highest BCUT2D eigenvalue weighted by molar-refractivity contribution is 7.99. The van der Waals surface area contributed by atoms with Crippen molar-refractivity contribution in [1.29, 1.82) is 0 Å². The molecule has 1 aliphatic rings. The molecule has 1 amide bonds. The van der Waals surface area contributed by atoms with E-state index in [0.29, 0.717) is 28.2 Å². The van der Waals surface area contributed by atoms with Gasteiger partial charge >= 0.3 is 5.97 Å². The van der Waals surface area contributed by atoms with E-state index in [-0.39, 0.29) is 17.6 Å². The minimum atomic E-state index is -0.359. The molecule has 1 aromatic carbocycles. The van der Waals surface area contributed by atoms with E-state index < -0.39 is 0 Å². The third-order valence-electron chi connectivity index (χ3n) is 6.67. The molecule has 0 fully saturated rings. The molecule has 0 radical (unpaired) electrons. The molecule has 1 atom stereocenters. The molecular formula is C27H35N5O3S2. The minimum Gasteiger partial charge on any atom is -0.462 e. The molecule has 37 heavy (non-hydrogen) atoms. The van der Waals surface area contributed by atoms with Crippen molar-refractivity contribution >= 4 is 45.7 Å². The summed E-state index contributed by atoms with van der Waals surface area (Å²) in [6.07, 6.45) is 2.80. The van der Waals surface area contributed by atoms with Crippen LogP contribution in [0, 0.1) is 5.92 Å². The number of carbonyl (C=O) groups is 2. The Balaban J connectivity index is 1.44. The molecule has 1 unspecified atom stereocenters. The van der Waals surface area contributed by atoms with Crippen molar-refractivity contribution in [3.8, 4) is 11.4 Å². The Morgan fingerprint density at radius 2 is 1.92 bits per heavy atom. The number of anilines is 2. The van der Waals surface area contributed by atoms with Gasteiger partial charge in [0.05, 0.1) is 17.9 Å². The van der Waals surface area contributed by atoms with Gasteiger partial charge in [0.15, 0.2) is 11.0 Å². The van der Waals surface area contributed by atoms with E-state index in [1.807, 2.05) is 11.6 Å². The summed E-state index contributed by atoms with van der Waals surface area (Å²) in [5.41, 5.74) is 3.71. The van der Waals surface area contributed by atoms with E-state index in [9.17, 15) is 9.59 Å². The lowest BCUT2D eigenvalue weighted by molar-refractivity contribution is -0.113. The van der Waals surface area contributed by atoms with Crippen molar-refractivity contribution < 1.29 is 14.3 Å². The lowest BCUT2D eigenvalue weighted by atomic mass is 9.88. The summed E-state index contributed by atoms with van der Waals surface area (Å²) in [4.78, 5) is 29.1. The van der Waals surface area contributed by atoms with E-state index in [4.69, 9.17) is 4.74 Å². The number of carbonyl (C=O) groups excluding carboxylic acids is 2. The topological polar surface area (TPSA) is 89.3 Å². The van der Waals surface area contributed by atoms with Crippen LogP contribution in [0.2, 0.25) is 0 Å². The zero-order chi connectivity index (χ0) is 26.5. The third-order valence-corrected chi connectivity index (χ3v) is 8.86. The summed E-state index contributed by atoms with van der Waals surface area (Å²) in [6, 6.07) is 8.30. The first kappa shape index (κ1) is 27.2. The fourth-order valence-corrected chi connectivity index (χ4v) is 6.78. The molecule has 0 spiro atoms. The third kappa shape index (κ3) is 6.01. The van der Waals surface area contributed by atoms with Gasteiger partial charge in [0, 0.05) is 36.3 Å². The molecule has 0 saturated carbocycles. The van der Waals surface area contributed by atoms with Crippen LogP contribution in [0.3, 0.4) is 0 Å². The Labute approximate surface area is 226 Å². The number of nitrogens with one attached hydrogen (secondary N) is 1. The molecular weight excluding hydrogens is 506 g/mol. The Morgan fingerprint density at radius 1 is 1.19 bits per heavy atom. The number of benzene rings is 1. The standard InChI is InChI=1S/C27H35N5O3S2/c1-6-32(7-2)19-12-10-18(11-13-19)24-29-30-27(31(24)5)36-16-22(33)28-25-23(26(34)35-8-3)20-14-9-17(4)15-21(20)37-25/h10-13,17H,6-9,14-16H2,1-5H3,(H,28,33). The fraction of sp³-hybridized carbons (Fsp3) is 0.481. The van der Waals surface area contributed by atoms with E-state index in [2.05, 4.69) is 65.5 Å². The van der Waals surface area contributed by atoms with Crippen LogP contribution in [-0.2, 0) is 29.4 Å². The maximum Gasteiger partial charge on any atom is 0.341 e. The molecule has 198 valence electrons. The second-order valence-corrected chi connectivity index (χ2v) is 11.2. The first-order chi connectivity index (χ1) is 17.9. The Bertz CT molecular complexity index is 1250. The minimum absolute atomic E-state index is 0.161. The van der Waals surface area contributed by atoms with Gasteiger partial charge in [-0.2, -0.15) is 0 Å². The number of fused-ring (bicyclic) bond motifs is 1. The van der Waals surface area contributed by atoms with Crippen molar-refractivity contribution in [2.75, 3.05) is 35.7 Å². The van der Waals surface area contributed by atoms with E-state index in [0.717, 1.165) is 49.3 Å². The Morgan fingerprint density at radius 3 is 2.59 bits per heavy atom. The zero-order valence-electron chi connectivity index (χ0n) is 22.2. The number of nitrogens with zero attached hydrogens (tertiary/aromatic N) is 4. The first-order valence-electron chi connectivity index (χ1n) is 12.8. The molecule has 3 aromatic rings. The van der Waals surface area contributed by atoms with Crippen LogP contribution in [0.4, 0.5) is 10.7 Å². The normalized spacial score (nSPS) is 14.8. The largest absolute Gasteiger partial charge is 0.462 e. The lowest BCUT2D eigenvalue weighted by Gasteiger charge is -2.21. The van der Waals surface area contributed by atoms with Gasteiger partial charge in [-0.3, -0.25) is 4.79 Å². The van der Waals surface area contributed by atoms with E-state index >= 15 is 0 Å². The average Bonchev–Trinajstić information content (AvgIpc) is 3.43. The van der Waals surface area contributed by atoms with Crippen molar-refractivity contribution in [3.05, 3.63) is 40.3 Å². The summed E-state index contributed by atoms with van der Waals surface area (Å²) < 4.78 is 7.21. The summed E-state index contributed by atoms with van der Waals surface area (Å²) >= 11 is 2.82. The number of hydrogen-bond acceptors (Lipinski definition) is 8. The van der Waals surface area contributed by atoms with Gasteiger partial charge < -0.3 is 19.5 Å². The molecule has 0 aliphatic heterocycles. The number of esters is 1. The summed E-state index contributed by atoms with van der Waals surface area (Å²) in [6.45, 7) is 10.5. The summed E-state index contributed by atoms with van der Waals surface area (Å²) in [5, 5.41) is 12.9. The molecule has 10 heteroatoms. The highest BCUT2D eigenvalue weighted by Gasteiger charge is 2.29. The Kier molecular flexibility index (Phi) is 8.91. The van der Waals surface area contributed by atoms with Crippen molar-refractivity contribution in [2.45, 2.75) is 52.1 Å². The number of thiophene rings is 1. The van der Waals surface area contributed by atoms with Gasteiger partial charge in [-0.25, -0.2) is 4.79 Å². The number of amides is 1. The maximum atomic E-state index is 12.9. The molecule has 1 N–H and O–H groups in total. The van der Waals surface area contributed by atoms with E-state index in [1.165, 1.54) is 33.7 Å². The molecule has 0 saturated heterocycles. The predicted molar refractivity (Wildman–Crippen MR) is 151 cm³/mol. The number of aromatic nitrogens is 3. The number of rotatable bonds is 10. The first-order valence-corrected chi connectivity index (χ1v) is 14.6. The van der Waals surface area contributed by atoms with Crippen LogP contribution in [0.5, 0.6) is 0 Å². The molecule has 4 rings (SSSR count). The maximum absolute atomic E-state index is 12.9. The van der Waals surface area contributed by atoms with Gasteiger partial charge in [-0.1, -0.05) is 18.7 Å². The molecule has 1 aliphatic carbocycles. The van der Waals surface area contributed by atoms with Crippen molar-refractivity contribution in [1.82, 2.24) is 14.8 Å². The number of thioether (sulfide) groups is 1. The quantitative estimate of drug-likeness (QED) is 0.271. The van der Waals surface area contributed by atoms with E-state index in [1.54, 1.807) is 6.92 Å². The molecule has 0 bridgehead atoms. The van der Waals surface area contributed by atoms with Crippen molar-refractivity contribution in [2.24, 2.45) is 13.0 Å². The highest BCUT2D eigenvalue weighted by atomic mass is 32.2. The lowest BCUT2D eigenvalue weighted by Crippen LogP contribution is -2.21. The van der Waals surface area contributed by atoms with Gasteiger partial charge in [0.25, 0.3) is 0 Å². The summed E-state index contributed by atoms with van der Waals surface area (Å²) in [5.74, 6) is 0.934. The monoisotopic (exact) mass is 541 g/mol. The zero-order valence-corrected chi connectivity index (χ0v) is 23.8. The van der Waals surface area contributed by atoms with Crippen LogP contribution in [-0.4, -0.2) is 52.1 Å². The smallest absolute Gasteiger partial charge is 0.341 e. The number of hydrogen-bond donors (Lipinski definition) is 1. The van der Waals surface area contributed by atoms with Crippen LogP contribution in [0.1, 0.15) is 54.9 Å². The summed E-state index contributed by atoms with van der Waals surface area (Å²) in [7, 11) is 1.90. The van der Waals surface area contributed by atoms with Gasteiger partial charge in [-0.15, -0.1) is 21.5 Å². The second-order valence-electron chi connectivity index (χ2n) is 9.20. The second kappa shape index (κ2) is 12.1. The number of ether oxygens (including phenoxy) is 1. The van der Waals surface area contributed by atoms with Crippen LogP contribution in [0.15, 0.2) is 29.4 Å². The molecule has 8 nitrogen and oxygen atoms in total. The SMILES string of the molecule is CCOC(=O)c1c(NC(=O)CSc2nnc(-c3ccc(N(CC)CC)cc3)n2C)sc2c1CCC(C)C2. The molecule has 2 heterocycles. The van der Waals surface area contributed by atoms with Crippen LogP contribution >= 0.6 is 23.1 Å². The van der Waals surface area contributed by atoms with Crippen molar-refractivity contribution in [3.63, 3.8) is 0 Å². The van der Waals surface area contributed by atoms with Crippen LogP contribution in [0.25, 0.3) is 11.4 Å². The molecule has 2 aromatic heterocycles. The van der Waals surface area contributed by atoms with Gasteiger partial charge in [-0.05, 0) is 75.8 Å². The average molecular weight is 542 g/mol. The van der Waals surface area contributed by atoms with Gasteiger partial charge in [0.1, 0.15) is 5.00 Å². The van der Waals surface area contributed by atoms with Gasteiger partial charge in [0.2, 0.25) is 5.91 Å². The fourth-order valence-electron chi connectivity index (χ4n) is 4.65. The van der Waals surface area contributed by atoms with Crippen LogP contribution < -0.4 is 10.2 Å². The Hall–Kier alpha value is -2.85. The highest BCUT2D eigenvalue weighted by Crippen LogP contribution is 2.40. The predicted octanol–water partition coefficient (Wildman–Crippen LogP) is 5.42.